The Hall–Kier alpha value is -11.5. The first-order valence-corrected chi connectivity index (χ1v) is 43.5. The highest BCUT2D eigenvalue weighted by atomic mass is 35.5. The maximum atomic E-state index is 12.9. The lowest BCUT2D eigenvalue weighted by Gasteiger charge is -2.22. The van der Waals surface area contributed by atoms with Crippen molar-refractivity contribution in [2.45, 2.75) is 179 Å². The average Bonchev–Trinajstić information content (AvgIpc) is 1.61. The van der Waals surface area contributed by atoms with Crippen molar-refractivity contribution >= 4 is 179 Å². The van der Waals surface area contributed by atoms with Gasteiger partial charge in [0, 0.05) is 105 Å². The fourth-order valence-corrected chi connectivity index (χ4v) is 15.1. The SMILES string of the molecule is CC(C)(C)n1cc(C#N)cc1N.CCOC(=O)c1cc(N)n(C(C)(C)C)c1.CCOC(=O)c1cn(C(C)(C)C)c2nc(NC(=O)c3ccc(C)cc3)sc12.Cc1ccc(C(=O)Nc2nc3c(s2)c(C(=O)NCc2nccs2)cn3C(C)(C)C)cc1.Cc1ccc(C(=O)Nc2nc3c(s2)c(C(=O)O)cn3C(C)(C)C)cc1.Cl.NCc1nccs1.O=S(=O)(O)O. The van der Waals surface area contributed by atoms with Crippen LogP contribution in [0.1, 0.15) is 222 Å². The molecular formula is C84H105ClN18O14S6. The lowest BCUT2D eigenvalue weighted by Crippen LogP contribution is -2.24. The molecule has 0 atom stereocenters. The maximum absolute atomic E-state index is 12.9. The van der Waals surface area contributed by atoms with Gasteiger partial charge in [0.2, 0.25) is 0 Å². The second-order valence-corrected chi connectivity index (χ2v) is 38.0. The molecule has 0 saturated heterocycles. The van der Waals surface area contributed by atoms with Gasteiger partial charge in [0.25, 0.3) is 23.6 Å². The van der Waals surface area contributed by atoms with Crippen molar-refractivity contribution < 1.29 is 65.7 Å². The van der Waals surface area contributed by atoms with Crippen molar-refractivity contribution in [2.24, 2.45) is 5.73 Å². The first kappa shape index (κ1) is 100. The predicted octanol–water partition coefficient (Wildman–Crippen LogP) is 17.6. The van der Waals surface area contributed by atoms with Crippen LogP contribution in [-0.2, 0) is 60.7 Å². The fraction of sp³-hybridized carbons (Fsp3) is 0.345. The number of nitrogens with zero attached hydrogens (tertiary/aromatic N) is 11. The van der Waals surface area contributed by atoms with E-state index in [1.807, 2.05) is 201 Å². The zero-order chi connectivity index (χ0) is 90.9. The third-order valence-corrected chi connectivity index (χ3v) is 21.7. The van der Waals surface area contributed by atoms with E-state index in [-0.39, 0.29) is 81.2 Å². The third kappa shape index (κ3) is 28.5. The number of carboxylic acid groups (broad SMARTS) is 1. The molecule has 0 aliphatic carbocycles. The Morgan fingerprint density at radius 3 is 1.12 bits per heavy atom. The summed E-state index contributed by atoms with van der Waals surface area (Å²) in [5.41, 5.74) is 24.8. The lowest BCUT2D eigenvalue weighted by atomic mass is 10.1. The Morgan fingerprint density at radius 1 is 0.480 bits per heavy atom. The van der Waals surface area contributed by atoms with Crippen molar-refractivity contribution in [2.75, 3.05) is 40.6 Å². The van der Waals surface area contributed by atoms with Crippen LogP contribution in [0.2, 0.25) is 0 Å². The molecule has 3 aromatic carbocycles. The molecular weight excluding hydrogens is 1710 g/mol. The number of ether oxygens (including phenoxy) is 2. The number of aromatic nitrogens is 10. The molecule has 123 heavy (non-hydrogen) atoms. The fourth-order valence-electron chi connectivity index (χ4n) is 11.1. The highest BCUT2D eigenvalue weighted by Crippen LogP contribution is 2.38. The number of carbonyl (C=O) groups excluding carboxylic acids is 6. The van der Waals surface area contributed by atoms with E-state index in [1.165, 1.54) is 45.3 Å². The molecule has 0 radical (unpaired) electrons. The van der Waals surface area contributed by atoms with Crippen molar-refractivity contribution in [1.82, 2.24) is 53.1 Å². The van der Waals surface area contributed by atoms with Gasteiger partial charge in [-0.05, 0) is 187 Å². The van der Waals surface area contributed by atoms with Crippen molar-refractivity contribution in [1.29, 1.82) is 5.26 Å². The highest BCUT2D eigenvalue weighted by molar-refractivity contribution is 7.79. The maximum Gasteiger partial charge on any atom is 0.394 e. The highest BCUT2D eigenvalue weighted by Gasteiger charge is 2.30. The summed E-state index contributed by atoms with van der Waals surface area (Å²) in [6.45, 7) is 41.4. The average molecular weight is 1820 g/mol. The number of amides is 4. The molecule has 13 aromatic rings. The lowest BCUT2D eigenvalue weighted by molar-refractivity contribution is 0.0517. The normalized spacial score (nSPS) is 11.3. The molecule has 0 bridgehead atoms. The van der Waals surface area contributed by atoms with Crippen molar-refractivity contribution in [3.63, 3.8) is 0 Å². The number of rotatable bonds is 15. The first-order chi connectivity index (χ1) is 56.8. The quantitative estimate of drug-likeness (QED) is 0.0336. The monoisotopic (exact) mass is 1820 g/mol. The van der Waals surface area contributed by atoms with Gasteiger partial charge in [-0.25, -0.2) is 39.3 Å². The summed E-state index contributed by atoms with van der Waals surface area (Å²) in [7, 11) is -4.67. The number of fused-ring (bicyclic) bond motifs is 3. The molecule has 39 heteroatoms. The van der Waals surface area contributed by atoms with E-state index in [0.29, 0.717) is 119 Å². The Labute approximate surface area is 739 Å². The summed E-state index contributed by atoms with van der Waals surface area (Å²) >= 11 is 6.83. The van der Waals surface area contributed by atoms with E-state index in [0.717, 1.165) is 31.4 Å². The van der Waals surface area contributed by atoms with E-state index in [9.17, 15) is 38.7 Å². The van der Waals surface area contributed by atoms with Gasteiger partial charge in [0.15, 0.2) is 32.3 Å². The molecule has 0 aliphatic rings. The van der Waals surface area contributed by atoms with Crippen LogP contribution in [0.5, 0.6) is 0 Å². The minimum Gasteiger partial charge on any atom is -0.478 e. The number of benzene rings is 3. The summed E-state index contributed by atoms with van der Waals surface area (Å²) in [4.78, 5) is 107. The van der Waals surface area contributed by atoms with Crippen LogP contribution >= 0.6 is 69.1 Å². The number of nitrogens with two attached hydrogens (primary N) is 3. The molecule has 0 saturated carbocycles. The Kier molecular flexibility index (Phi) is 34.7. The standard InChI is InChI=1S/C22H23N5O2S2.C20H23N3O3S.C18H19N3O3S.C11H18N2O2.C9H13N3.C4H6N2S.ClH.H2O4S/c1-13-5-7-14(8-6-13)19(28)26-21-25-18-17(31-21)15(12-27(18)22(2,3)4)20(29)24-11-16-23-9-10-30-16;1-6-26-18(25)14-11-23(20(3,4)5)16-15(14)27-19(21-16)22-17(24)13-9-7-12(2)8-10-13;1-10-5-7-11(8-6-10)15(22)20-17-19-14-13(25-17)12(16(23)24)9-21(14)18(2,3)4;1-5-15-10(14)8-6-9(12)13(7-8)11(2,3)4;1-9(2,3)12-6-7(5-10)4-8(12)11;5-3-4-6-1-2-7-4;;1-5(2,3)4/h5-10,12H,11H2,1-4H3,(H,24,29)(H,25,26,28);7-11H,6H2,1-5H3,(H,21,22,24);5-9H,1-4H3,(H,23,24)(H,19,20,22);6-7H,5,12H2,1-4H3;4,6H,11H2,1-3H3;1-2H,3,5H2;1H;(H2,1,2,3,4). The van der Waals surface area contributed by atoms with Crippen LogP contribution in [0.4, 0.5) is 27.0 Å². The second-order valence-electron chi connectivity index (χ2n) is 32.2. The van der Waals surface area contributed by atoms with E-state index >= 15 is 0 Å². The van der Waals surface area contributed by atoms with Crippen LogP contribution in [-0.4, -0.2) is 125 Å². The number of nitriles is 1. The first-order valence-electron chi connectivity index (χ1n) is 37.9. The minimum atomic E-state index is -4.67. The summed E-state index contributed by atoms with van der Waals surface area (Å²) < 4.78 is 53.2. The van der Waals surface area contributed by atoms with Crippen LogP contribution in [0.15, 0.2) is 139 Å². The second kappa shape index (κ2) is 42.5. The van der Waals surface area contributed by atoms with Gasteiger partial charge in [-0.3, -0.25) is 44.2 Å². The smallest absolute Gasteiger partial charge is 0.394 e. The van der Waals surface area contributed by atoms with Gasteiger partial charge in [0.1, 0.15) is 27.7 Å². The van der Waals surface area contributed by atoms with Gasteiger partial charge in [-0.1, -0.05) is 87.1 Å². The molecule has 0 aliphatic heterocycles. The predicted molar refractivity (Wildman–Crippen MR) is 491 cm³/mol. The Balaban J connectivity index is 0.000000236. The van der Waals surface area contributed by atoms with E-state index in [1.54, 1.807) is 111 Å². The van der Waals surface area contributed by atoms with Crippen LogP contribution < -0.4 is 38.5 Å². The number of hydrogen-bond donors (Lipinski definition) is 10. The van der Waals surface area contributed by atoms with Gasteiger partial charge in [-0.15, -0.1) is 35.1 Å². The van der Waals surface area contributed by atoms with Crippen LogP contribution in [0.25, 0.3) is 31.0 Å². The van der Waals surface area contributed by atoms with E-state index < -0.39 is 16.4 Å². The molecule has 13 N–H and O–H groups in total. The number of esters is 2. The van der Waals surface area contributed by atoms with Crippen molar-refractivity contribution in [3.05, 3.63) is 210 Å². The summed E-state index contributed by atoms with van der Waals surface area (Å²) in [6, 6.07) is 27.3. The summed E-state index contributed by atoms with van der Waals surface area (Å²) in [5, 5.41) is 36.4. The topological polar surface area (TPSA) is 472 Å². The molecule has 10 heterocycles. The number of nitrogens with one attached hydrogen (secondary N) is 4. The van der Waals surface area contributed by atoms with Gasteiger partial charge in [0.05, 0.1) is 61.7 Å². The molecule has 0 unspecified atom stereocenters. The number of nitrogen functional groups attached to an aromatic ring is 2. The number of carboxylic acids is 1. The molecule has 658 valence electrons. The number of hydrogen-bond acceptors (Lipinski definition) is 25. The van der Waals surface area contributed by atoms with Crippen LogP contribution in [0.3, 0.4) is 0 Å². The minimum absolute atomic E-state index is 0. The molecule has 0 spiro atoms. The number of halogens is 1. The zero-order valence-corrected chi connectivity index (χ0v) is 77.7. The largest absolute Gasteiger partial charge is 0.478 e. The number of aromatic carboxylic acids is 1. The molecule has 32 nitrogen and oxygen atoms in total. The molecule has 13 rings (SSSR count). The third-order valence-electron chi connectivity index (χ3n) is 17.1. The van der Waals surface area contributed by atoms with E-state index in [4.69, 9.17) is 49.5 Å². The summed E-state index contributed by atoms with van der Waals surface area (Å²) in [5.74, 6) is -1.42. The van der Waals surface area contributed by atoms with Gasteiger partial charge >= 0.3 is 28.3 Å². The van der Waals surface area contributed by atoms with Gasteiger partial charge < -0.3 is 59.9 Å². The number of anilines is 5. The van der Waals surface area contributed by atoms with Gasteiger partial charge in [-0.2, -0.15) is 13.7 Å². The number of thiazole rings is 5. The molecule has 4 amide bonds. The number of aryl methyl sites for hydroxylation is 3. The number of carbonyl (C=O) groups is 7. The van der Waals surface area contributed by atoms with Crippen LogP contribution in [0, 0.1) is 32.1 Å². The Morgan fingerprint density at radius 2 is 0.813 bits per heavy atom. The molecule has 10 aromatic heterocycles. The van der Waals surface area contributed by atoms with E-state index in [2.05, 4.69) is 52.3 Å². The molecule has 0 fully saturated rings. The summed E-state index contributed by atoms with van der Waals surface area (Å²) in [6.07, 6.45) is 12.2. The Bertz CT molecular complexity index is 5950. The zero-order valence-electron chi connectivity index (χ0n) is 71.9. The van der Waals surface area contributed by atoms with Crippen molar-refractivity contribution in [3.8, 4) is 6.07 Å².